The second kappa shape index (κ2) is 14.5. The average Bonchev–Trinajstić information content (AvgIpc) is 3.74. The molecule has 0 aliphatic heterocycles. The fourth-order valence-corrected chi connectivity index (χ4v) is 13.5. The molecular weight excluding hydrogens is 853 g/mol. The Labute approximate surface area is 411 Å². The van der Waals surface area contributed by atoms with Gasteiger partial charge in [0.15, 0.2) is 0 Å². The van der Waals surface area contributed by atoms with Gasteiger partial charge in [-0.3, -0.25) is 0 Å². The minimum absolute atomic E-state index is 0.630. The lowest BCUT2D eigenvalue weighted by atomic mass is 9.67. The zero-order valence-corrected chi connectivity index (χ0v) is 38.7. The molecule has 0 atom stereocenters. The maximum atomic E-state index is 2.54. The van der Waals surface area contributed by atoms with E-state index in [2.05, 4.69) is 255 Å². The van der Waals surface area contributed by atoms with E-state index in [1.54, 1.807) is 0 Å². The fourth-order valence-electron chi connectivity index (χ4n) is 13.5. The summed E-state index contributed by atoms with van der Waals surface area (Å²) in [4.78, 5) is 0. The van der Waals surface area contributed by atoms with Crippen molar-refractivity contribution in [2.45, 2.75) is 5.41 Å². The van der Waals surface area contributed by atoms with E-state index in [-0.39, 0.29) is 0 Å². The number of benzene rings is 15. The van der Waals surface area contributed by atoms with E-state index in [4.69, 9.17) is 0 Å². The third kappa shape index (κ3) is 5.23. The van der Waals surface area contributed by atoms with Crippen LogP contribution >= 0.6 is 0 Å². The lowest BCUT2D eigenvalue weighted by Crippen LogP contribution is -2.28. The molecule has 0 heterocycles. The van der Waals surface area contributed by atoms with Gasteiger partial charge in [-0.1, -0.05) is 243 Å². The first-order chi connectivity index (χ1) is 35.2. The predicted octanol–water partition coefficient (Wildman–Crippen LogP) is 19.2. The highest BCUT2D eigenvalue weighted by molar-refractivity contribution is 6.35. The molecule has 0 unspecified atom stereocenters. The van der Waals surface area contributed by atoms with Crippen molar-refractivity contribution < 1.29 is 0 Å². The van der Waals surface area contributed by atoms with Gasteiger partial charge in [0.05, 0.1) is 5.41 Å². The van der Waals surface area contributed by atoms with Crippen LogP contribution in [0.1, 0.15) is 22.3 Å². The fraction of sp³-hybridized carbons (Fsp3) is 0.0141. The van der Waals surface area contributed by atoms with Gasteiger partial charge in [0.1, 0.15) is 0 Å². The van der Waals surface area contributed by atoms with Crippen molar-refractivity contribution in [3.05, 3.63) is 277 Å². The minimum Gasteiger partial charge on any atom is -0.0622 e. The summed E-state index contributed by atoms with van der Waals surface area (Å²) in [6, 6.07) is 96.6. The Hall–Kier alpha value is -9.10. The van der Waals surface area contributed by atoms with Crippen LogP contribution in [0.5, 0.6) is 0 Å². The molecule has 0 saturated carbocycles. The molecule has 1 aliphatic carbocycles. The average molecular weight is 895 g/mol. The van der Waals surface area contributed by atoms with Crippen LogP contribution in [0, 0.1) is 0 Å². The van der Waals surface area contributed by atoms with Crippen LogP contribution in [-0.4, -0.2) is 0 Å². The van der Waals surface area contributed by atoms with Crippen LogP contribution in [0.15, 0.2) is 255 Å². The molecule has 0 fully saturated rings. The van der Waals surface area contributed by atoms with Gasteiger partial charge >= 0.3 is 0 Å². The molecule has 15 aromatic rings. The Bertz CT molecular complexity index is 4320. The molecule has 0 saturated heterocycles. The molecule has 0 amide bonds. The maximum absolute atomic E-state index is 2.54. The highest BCUT2D eigenvalue weighted by Crippen LogP contribution is 2.58. The molecule has 16 rings (SSSR count). The molecule has 1 aliphatic rings. The van der Waals surface area contributed by atoms with Crippen molar-refractivity contribution in [3.8, 4) is 44.5 Å². The zero-order chi connectivity index (χ0) is 46.4. The molecule has 15 aromatic carbocycles. The van der Waals surface area contributed by atoms with Gasteiger partial charge in [0.25, 0.3) is 0 Å². The minimum atomic E-state index is -0.630. The molecule has 0 bridgehead atoms. The third-order valence-electron chi connectivity index (χ3n) is 16.4. The van der Waals surface area contributed by atoms with Crippen LogP contribution in [-0.2, 0) is 5.41 Å². The Balaban J connectivity index is 0.963. The van der Waals surface area contributed by atoms with Gasteiger partial charge in [-0.15, -0.1) is 0 Å². The van der Waals surface area contributed by atoms with Crippen molar-refractivity contribution in [2.24, 2.45) is 0 Å². The van der Waals surface area contributed by atoms with Crippen LogP contribution in [0.25, 0.3) is 131 Å². The van der Waals surface area contributed by atoms with E-state index in [1.807, 2.05) is 0 Å². The smallest absolute Gasteiger partial charge is 0.0622 e. The standard InChI is InChI=1S/C71H42/c1-3-13-43(14-4-1)44-29-33-50(34-30-44)71(49-19-5-2-6-20-49)65-41-47(51-37-39-63-59-23-9-17-45-15-7-21-57(67(45)59)61-27-11-25-55(51)69(61)63)31-35-53(65)54-36-32-48(42-66(54)71)52-38-40-64-60-24-10-18-46-16-8-22-58(68(46)60)62-28-12-26-56(52)70(62)64/h1-42H. The second-order valence-electron chi connectivity index (χ2n) is 19.8. The van der Waals surface area contributed by atoms with Gasteiger partial charge in [0.2, 0.25) is 0 Å². The first-order valence-electron chi connectivity index (χ1n) is 24.9. The highest BCUT2D eigenvalue weighted by atomic mass is 14.5. The summed E-state index contributed by atoms with van der Waals surface area (Å²) >= 11 is 0. The Morgan fingerprint density at radius 3 is 1.00 bits per heavy atom. The lowest BCUT2D eigenvalue weighted by molar-refractivity contribution is 0.769. The van der Waals surface area contributed by atoms with Crippen molar-refractivity contribution in [1.29, 1.82) is 0 Å². The SMILES string of the molecule is c1ccc(-c2ccc(C3(c4ccccc4)c4cc(-c5ccc6c7cccc8cccc(c9cccc5c96)c87)ccc4-c4ccc(-c5ccc6c7cccc8cccc(c9cccc5c96)c87)cc43)cc2)cc1. The van der Waals surface area contributed by atoms with Gasteiger partial charge in [-0.25, -0.2) is 0 Å². The number of hydrogen-bond donors (Lipinski definition) is 0. The quantitative estimate of drug-likeness (QED) is 0.119. The summed E-state index contributed by atoms with van der Waals surface area (Å²) in [5.41, 5.74) is 14.4. The van der Waals surface area contributed by atoms with Crippen LogP contribution < -0.4 is 0 Å². The molecule has 0 aromatic heterocycles. The number of fused-ring (bicyclic) bond motifs is 7. The topological polar surface area (TPSA) is 0 Å². The molecule has 0 radical (unpaired) electrons. The molecule has 0 heteroatoms. The zero-order valence-electron chi connectivity index (χ0n) is 38.7. The van der Waals surface area contributed by atoms with E-state index < -0.39 is 5.41 Å². The van der Waals surface area contributed by atoms with Crippen molar-refractivity contribution in [1.82, 2.24) is 0 Å². The summed E-state index contributed by atoms with van der Waals surface area (Å²) in [5, 5.41) is 21.0. The largest absolute Gasteiger partial charge is 0.0714 e. The molecular formula is C71H42. The summed E-state index contributed by atoms with van der Waals surface area (Å²) in [5.74, 6) is 0. The Kier molecular flexibility index (Phi) is 7.91. The van der Waals surface area contributed by atoms with E-state index >= 15 is 0 Å². The Morgan fingerprint density at radius 2 is 0.535 bits per heavy atom. The molecule has 0 nitrogen and oxygen atoms in total. The van der Waals surface area contributed by atoms with Gasteiger partial charge in [-0.2, -0.15) is 0 Å². The molecule has 71 heavy (non-hydrogen) atoms. The highest BCUT2D eigenvalue weighted by Gasteiger charge is 2.46. The third-order valence-corrected chi connectivity index (χ3v) is 16.4. The van der Waals surface area contributed by atoms with Gasteiger partial charge < -0.3 is 0 Å². The summed E-state index contributed by atoms with van der Waals surface area (Å²) < 4.78 is 0. The van der Waals surface area contributed by atoms with E-state index in [9.17, 15) is 0 Å². The number of rotatable bonds is 5. The first kappa shape index (κ1) is 38.8. The normalized spacial score (nSPS) is 13.2. The summed E-state index contributed by atoms with van der Waals surface area (Å²) in [6.07, 6.45) is 0. The molecule has 326 valence electrons. The number of hydrogen-bond acceptors (Lipinski definition) is 0. The van der Waals surface area contributed by atoms with Crippen molar-refractivity contribution >= 4 is 86.2 Å². The van der Waals surface area contributed by atoms with E-state index in [0.717, 1.165) is 0 Å². The lowest BCUT2D eigenvalue weighted by Gasteiger charge is -2.34. The second-order valence-corrected chi connectivity index (χ2v) is 19.8. The van der Waals surface area contributed by atoms with Gasteiger partial charge in [-0.05, 0) is 165 Å². The summed E-state index contributed by atoms with van der Waals surface area (Å²) in [7, 11) is 0. The predicted molar refractivity (Wildman–Crippen MR) is 302 cm³/mol. The van der Waals surface area contributed by atoms with Crippen LogP contribution in [0.4, 0.5) is 0 Å². The van der Waals surface area contributed by atoms with E-state index in [1.165, 1.54) is 153 Å². The first-order valence-corrected chi connectivity index (χ1v) is 24.9. The molecule has 0 spiro atoms. The Morgan fingerprint density at radius 1 is 0.197 bits per heavy atom. The monoisotopic (exact) mass is 894 g/mol. The van der Waals surface area contributed by atoms with Crippen molar-refractivity contribution in [3.63, 3.8) is 0 Å². The summed E-state index contributed by atoms with van der Waals surface area (Å²) in [6.45, 7) is 0. The van der Waals surface area contributed by atoms with Crippen LogP contribution in [0.3, 0.4) is 0 Å². The van der Waals surface area contributed by atoms with Gasteiger partial charge in [0, 0.05) is 0 Å². The van der Waals surface area contributed by atoms with Crippen LogP contribution in [0.2, 0.25) is 0 Å². The van der Waals surface area contributed by atoms with E-state index in [0.29, 0.717) is 0 Å². The maximum Gasteiger partial charge on any atom is 0.0714 e. The van der Waals surface area contributed by atoms with Crippen molar-refractivity contribution in [2.75, 3.05) is 0 Å². The molecule has 0 N–H and O–H groups in total.